The summed E-state index contributed by atoms with van der Waals surface area (Å²) < 4.78 is 31.7. The molecule has 1 aliphatic heterocycles. The molecule has 1 aromatic rings. The Morgan fingerprint density at radius 3 is 2.16 bits per heavy atom. The van der Waals surface area contributed by atoms with E-state index < -0.39 is 97.5 Å². The molecule has 4 atom stereocenters. The van der Waals surface area contributed by atoms with E-state index in [4.69, 9.17) is 4.74 Å². The van der Waals surface area contributed by atoms with E-state index in [2.05, 4.69) is 21.3 Å². The van der Waals surface area contributed by atoms with Crippen molar-refractivity contribution in [2.24, 2.45) is 5.92 Å². The largest absolute Gasteiger partial charge is 0.447 e. The van der Waals surface area contributed by atoms with Crippen LogP contribution in [0.15, 0.2) is 30.3 Å². The second-order valence-corrected chi connectivity index (χ2v) is 13.4. The highest BCUT2D eigenvalue weighted by Crippen LogP contribution is 2.29. The highest BCUT2D eigenvalue weighted by molar-refractivity contribution is 6.38. The molecule has 1 heterocycles. The third-order valence-corrected chi connectivity index (χ3v) is 8.91. The predicted octanol–water partition coefficient (Wildman–Crippen LogP) is 2.22. The minimum Gasteiger partial charge on any atom is -0.447 e. The average Bonchev–Trinajstić information content (AvgIpc) is 3.60. The van der Waals surface area contributed by atoms with Crippen LogP contribution in [0.25, 0.3) is 0 Å². The summed E-state index contributed by atoms with van der Waals surface area (Å²) in [5.74, 6) is -5.27. The number of alkyl carbamates (subject to hydrolysis) is 1. The molecule has 2 fully saturated rings. The molecule has 1 aromatic carbocycles. The number of alkyl halides is 2. The Kier molecular flexibility index (Phi) is 15.7. The topological polar surface area (TPSA) is 183 Å². The molecule has 0 aromatic heterocycles. The van der Waals surface area contributed by atoms with Gasteiger partial charge in [0.05, 0.1) is 18.7 Å². The summed E-state index contributed by atoms with van der Waals surface area (Å²) in [5.41, 5.74) is 0.484. The lowest BCUT2D eigenvalue weighted by Gasteiger charge is -2.34. The van der Waals surface area contributed by atoms with E-state index in [1.54, 1.807) is 44.2 Å². The van der Waals surface area contributed by atoms with Crippen molar-refractivity contribution in [2.75, 3.05) is 27.2 Å². The lowest BCUT2D eigenvalue weighted by Crippen LogP contribution is -2.58. The van der Waals surface area contributed by atoms with Gasteiger partial charge in [-0.15, -0.1) is 0 Å². The number of nitrogens with zero attached hydrogens (tertiary/aromatic N) is 2. The number of hydrogen-bond acceptors (Lipinski definition) is 8. The van der Waals surface area contributed by atoms with Gasteiger partial charge in [0.25, 0.3) is 5.91 Å². The molecule has 1 saturated heterocycles. The maximum Gasteiger partial charge on any atom is 0.408 e. The maximum absolute atomic E-state index is 13.9. The number of carbonyl (C=O) groups is 7. The van der Waals surface area contributed by atoms with Gasteiger partial charge < -0.3 is 35.8 Å². The van der Waals surface area contributed by atoms with Crippen molar-refractivity contribution in [3.8, 4) is 0 Å². The molecule has 0 bridgehead atoms. The Hall–Kier alpha value is -4.63. The summed E-state index contributed by atoms with van der Waals surface area (Å²) in [5, 5.41) is 9.75. The van der Waals surface area contributed by atoms with E-state index in [0.717, 1.165) is 19.3 Å². The molecule has 1 aliphatic carbocycles. The summed E-state index contributed by atoms with van der Waals surface area (Å²) in [6, 6.07) is 3.59. The number of amides is 6. The van der Waals surface area contributed by atoms with Crippen molar-refractivity contribution in [1.82, 2.24) is 31.1 Å². The number of carbonyl (C=O) groups excluding carboxylic acids is 7. The Morgan fingerprint density at radius 1 is 0.882 bits per heavy atom. The lowest BCUT2D eigenvalue weighted by molar-refractivity contribution is -0.143. The van der Waals surface area contributed by atoms with Gasteiger partial charge in [-0.3, -0.25) is 28.8 Å². The van der Waals surface area contributed by atoms with E-state index >= 15 is 0 Å². The van der Waals surface area contributed by atoms with Crippen LogP contribution in [0.1, 0.15) is 83.2 Å². The number of Topliss-reactive ketones (excluding diaryl/α,β-unsaturated/α-hetero) is 1. The van der Waals surface area contributed by atoms with Gasteiger partial charge in [-0.05, 0) is 57.4 Å². The number of likely N-dealkylation sites (N-methyl/N-ethyl adjacent to an activating group) is 1. The standard InChI is InChI=1S/C35H50F2N6O8/c1-21(2)51-35(50)41-29(23-14-9-6-10-15-23)34(49)43-19-11-16-25(43)31(46)39-24(17-18-26(36)37)30(45)32(47)38-20-27(44)40-28(33(48)42(3)4)22-12-7-5-8-13-22/h5,7-8,12-13,21,23-26,28-29H,6,9-11,14-20H2,1-4H3,(H,38,47)(H,39,46)(H,40,44)(H,41,50). The number of ether oxygens (including phenoxy) is 1. The molecule has 14 nitrogen and oxygen atoms in total. The third kappa shape index (κ3) is 12.3. The second kappa shape index (κ2) is 19.7. The predicted molar refractivity (Wildman–Crippen MR) is 181 cm³/mol. The summed E-state index contributed by atoms with van der Waals surface area (Å²) in [6.07, 6.45) is -0.637. The van der Waals surface area contributed by atoms with Gasteiger partial charge in [-0.2, -0.15) is 0 Å². The second-order valence-electron chi connectivity index (χ2n) is 13.4. The SMILES string of the molecule is CC(C)OC(=O)NC(C(=O)N1CCCC1C(=O)NC(CCC(F)F)C(=O)C(=O)NCC(=O)NC(C(=O)N(C)C)c1ccccc1)C1CCCCC1. The number of ketones is 1. The van der Waals surface area contributed by atoms with Crippen molar-refractivity contribution >= 4 is 41.4 Å². The molecule has 16 heteroatoms. The average molecular weight is 721 g/mol. The fraction of sp³-hybridized carbons (Fsp3) is 0.629. The van der Waals surface area contributed by atoms with Gasteiger partial charge >= 0.3 is 6.09 Å². The van der Waals surface area contributed by atoms with Crippen LogP contribution in [0.2, 0.25) is 0 Å². The Morgan fingerprint density at radius 2 is 1.55 bits per heavy atom. The number of likely N-dealkylation sites (tertiary alicyclic amines) is 1. The fourth-order valence-electron chi connectivity index (χ4n) is 6.34. The molecule has 4 N–H and O–H groups in total. The third-order valence-electron chi connectivity index (χ3n) is 8.91. The molecular weight excluding hydrogens is 670 g/mol. The van der Waals surface area contributed by atoms with E-state index in [1.807, 2.05) is 0 Å². The quantitative estimate of drug-likeness (QED) is 0.188. The number of nitrogens with one attached hydrogen (secondary N) is 4. The first-order valence-electron chi connectivity index (χ1n) is 17.4. The van der Waals surface area contributed by atoms with Crippen LogP contribution < -0.4 is 21.3 Å². The zero-order chi connectivity index (χ0) is 37.7. The van der Waals surface area contributed by atoms with Crippen molar-refractivity contribution in [3.63, 3.8) is 0 Å². The Balaban J connectivity index is 1.69. The zero-order valence-corrected chi connectivity index (χ0v) is 29.6. The van der Waals surface area contributed by atoms with Gasteiger partial charge in [0.1, 0.15) is 18.1 Å². The molecule has 282 valence electrons. The van der Waals surface area contributed by atoms with Crippen molar-refractivity contribution in [2.45, 2.75) is 108 Å². The molecule has 1 saturated carbocycles. The van der Waals surface area contributed by atoms with Gasteiger partial charge in [-0.1, -0.05) is 49.6 Å². The van der Waals surface area contributed by atoms with Crippen molar-refractivity contribution in [1.29, 1.82) is 0 Å². The Bertz CT molecular complexity index is 1390. The van der Waals surface area contributed by atoms with Gasteiger partial charge in [0.2, 0.25) is 35.8 Å². The molecule has 0 radical (unpaired) electrons. The first-order valence-corrected chi connectivity index (χ1v) is 17.4. The first kappa shape index (κ1) is 40.8. The molecular formula is C35H50F2N6O8. The van der Waals surface area contributed by atoms with Crippen LogP contribution >= 0.6 is 0 Å². The minimum absolute atomic E-state index is 0.180. The van der Waals surface area contributed by atoms with Crippen LogP contribution in [0.4, 0.5) is 13.6 Å². The number of rotatable bonds is 16. The number of benzene rings is 1. The normalized spacial score (nSPS) is 18.0. The van der Waals surface area contributed by atoms with Crippen molar-refractivity contribution in [3.05, 3.63) is 35.9 Å². The van der Waals surface area contributed by atoms with Crippen LogP contribution in [-0.2, 0) is 33.5 Å². The molecule has 4 unspecified atom stereocenters. The summed E-state index contributed by atoms with van der Waals surface area (Å²) >= 11 is 0. The van der Waals surface area contributed by atoms with Crippen LogP contribution in [0, 0.1) is 5.92 Å². The molecule has 0 spiro atoms. The van der Waals surface area contributed by atoms with Crippen LogP contribution in [0.5, 0.6) is 0 Å². The zero-order valence-electron chi connectivity index (χ0n) is 29.6. The monoisotopic (exact) mass is 720 g/mol. The smallest absolute Gasteiger partial charge is 0.408 e. The molecule has 51 heavy (non-hydrogen) atoms. The van der Waals surface area contributed by atoms with E-state index in [1.165, 1.54) is 23.9 Å². The van der Waals surface area contributed by atoms with Gasteiger partial charge in [-0.25, -0.2) is 13.6 Å². The summed E-state index contributed by atoms with van der Waals surface area (Å²) in [6.45, 7) is 2.82. The minimum atomic E-state index is -2.84. The Labute approximate surface area is 296 Å². The molecule has 6 amide bonds. The van der Waals surface area contributed by atoms with E-state index in [-0.39, 0.29) is 18.9 Å². The van der Waals surface area contributed by atoms with E-state index in [0.29, 0.717) is 24.8 Å². The van der Waals surface area contributed by atoms with Crippen LogP contribution in [0.3, 0.4) is 0 Å². The van der Waals surface area contributed by atoms with Gasteiger partial charge in [0, 0.05) is 27.1 Å². The fourth-order valence-corrected chi connectivity index (χ4v) is 6.34. The highest BCUT2D eigenvalue weighted by Gasteiger charge is 2.42. The maximum atomic E-state index is 13.9. The number of halogens is 2. The molecule has 3 rings (SSSR count). The van der Waals surface area contributed by atoms with Gasteiger partial charge in [0.15, 0.2) is 0 Å². The summed E-state index contributed by atoms with van der Waals surface area (Å²) in [7, 11) is 3.02. The van der Waals surface area contributed by atoms with Crippen LogP contribution in [-0.4, -0.2) is 109 Å². The molecule has 2 aliphatic rings. The van der Waals surface area contributed by atoms with Crippen molar-refractivity contribution < 1.29 is 47.1 Å². The first-order chi connectivity index (χ1) is 24.2. The lowest BCUT2D eigenvalue weighted by atomic mass is 9.83. The van der Waals surface area contributed by atoms with E-state index in [9.17, 15) is 42.3 Å². The summed E-state index contributed by atoms with van der Waals surface area (Å²) in [4.78, 5) is 94.2. The number of hydrogen-bond donors (Lipinski definition) is 4. The highest BCUT2D eigenvalue weighted by atomic mass is 19.3.